The van der Waals surface area contributed by atoms with Crippen LogP contribution in [0.1, 0.15) is 40.3 Å². The molecule has 2 unspecified atom stereocenters. The fraction of sp³-hybridized carbons (Fsp3) is 0.471. The molecular weight excluding hydrogens is 419 g/mol. The van der Waals surface area contributed by atoms with Crippen molar-refractivity contribution in [2.45, 2.75) is 44.5 Å². The molecule has 0 aliphatic heterocycles. The molecule has 1 aliphatic carbocycles. The van der Waals surface area contributed by atoms with Crippen molar-refractivity contribution in [3.05, 3.63) is 28.5 Å². The molecule has 1 saturated carbocycles. The van der Waals surface area contributed by atoms with E-state index >= 15 is 0 Å². The van der Waals surface area contributed by atoms with Gasteiger partial charge in [-0.25, -0.2) is 18.7 Å². The summed E-state index contributed by atoms with van der Waals surface area (Å²) in [6, 6.07) is 0.488. The first-order chi connectivity index (χ1) is 13.5. The van der Waals surface area contributed by atoms with Crippen molar-refractivity contribution < 1.29 is 31.9 Å². The molecule has 0 saturated heterocycles. The number of aliphatic hydroxyl groups excluding tert-OH is 1. The van der Waals surface area contributed by atoms with Gasteiger partial charge in [-0.3, -0.25) is 4.79 Å². The van der Waals surface area contributed by atoms with Crippen LogP contribution in [-0.4, -0.2) is 45.8 Å². The third kappa shape index (κ3) is 4.99. The van der Waals surface area contributed by atoms with Gasteiger partial charge in [0.2, 0.25) is 0 Å². The van der Waals surface area contributed by atoms with E-state index in [1.54, 1.807) is 0 Å². The Balaban J connectivity index is 1.85. The van der Waals surface area contributed by atoms with Gasteiger partial charge in [0.15, 0.2) is 5.01 Å². The van der Waals surface area contributed by atoms with Crippen molar-refractivity contribution in [3.63, 3.8) is 0 Å². The Morgan fingerprint density at radius 3 is 2.66 bits per heavy atom. The van der Waals surface area contributed by atoms with Gasteiger partial charge >= 0.3 is 6.18 Å². The monoisotopic (exact) mass is 436 g/mol. The zero-order valence-corrected chi connectivity index (χ0v) is 15.9. The van der Waals surface area contributed by atoms with Gasteiger partial charge in [0, 0.05) is 17.3 Å². The molecule has 12 heteroatoms. The highest BCUT2D eigenvalue weighted by molar-refractivity contribution is 7.17. The minimum absolute atomic E-state index is 0.00436. The van der Waals surface area contributed by atoms with Crippen molar-refractivity contribution in [3.8, 4) is 10.4 Å². The number of pyridine rings is 1. The third-order valence-electron chi connectivity index (χ3n) is 4.43. The fourth-order valence-electron chi connectivity index (χ4n) is 2.75. The summed E-state index contributed by atoms with van der Waals surface area (Å²) in [6.45, 7) is 0.130. The predicted molar refractivity (Wildman–Crippen MR) is 96.1 cm³/mol. The molecule has 1 amide bonds. The highest BCUT2D eigenvalue weighted by atomic mass is 32.1. The number of halogens is 5. The lowest BCUT2D eigenvalue weighted by Gasteiger charge is -2.32. The maximum absolute atomic E-state index is 13.5. The molecule has 3 N–H and O–H groups in total. The second-order valence-corrected chi connectivity index (χ2v) is 7.58. The SMILES string of the molecule is Cc1nc(C(=O)NC2CCC2O)sc1-c1cnc(NCC(F)(F)F)cc1C(F)F. The van der Waals surface area contributed by atoms with Gasteiger partial charge in [-0.05, 0) is 25.8 Å². The number of aliphatic hydroxyl groups is 1. The molecule has 0 aromatic carbocycles. The summed E-state index contributed by atoms with van der Waals surface area (Å²) in [4.78, 5) is 20.4. The van der Waals surface area contributed by atoms with Gasteiger partial charge in [-0.15, -0.1) is 11.3 Å². The summed E-state index contributed by atoms with van der Waals surface area (Å²) in [7, 11) is 0. The second-order valence-electron chi connectivity index (χ2n) is 6.58. The molecule has 29 heavy (non-hydrogen) atoms. The Bertz CT molecular complexity index is 902. The average molecular weight is 436 g/mol. The van der Waals surface area contributed by atoms with Crippen molar-refractivity contribution >= 4 is 23.1 Å². The number of hydrogen-bond donors (Lipinski definition) is 3. The number of nitrogens with one attached hydrogen (secondary N) is 2. The summed E-state index contributed by atoms with van der Waals surface area (Å²) >= 11 is 0.875. The van der Waals surface area contributed by atoms with Crippen LogP contribution >= 0.6 is 11.3 Å². The van der Waals surface area contributed by atoms with Crippen molar-refractivity contribution in [1.29, 1.82) is 0 Å². The first-order valence-electron chi connectivity index (χ1n) is 8.60. The maximum Gasteiger partial charge on any atom is 0.405 e. The largest absolute Gasteiger partial charge is 0.405 e. The molecule has 158 valence electrons. The number of nitrogens with zero attached hydrogens (tertiary/aromatic N) is 2. The molecule has 2 aromatic heterocycles. The Morgan fingerprint density at radius 1 is 1.38 bits per heavy atom. The molecule has 1 aliphatic rings. The fourth-order valence-corrected chi connectivity index (χ4v) is 3.75. The number of hydrogen-bond acceptors (Lipinski definition) is 6. The van der Waals surface area contributed by atoms with Crippen LogP contribution in [0, 0.1) is 6.92 Å². The Hall–Kier alpha value is -2.34. The summed E-state index contributed by atoms with van der Waals surface area (Å²) in [5, 5.41) is 14.2. The van der Waals surface area contributed by atoms with Gasteiger partial charge < -0.3 is 15.7 Å². The molecule has 2 heterocycles. The van der Waals surface area contributed by atoms with E-state index in [0.29, 0.717) is 18.5 Å². The van der Waals surface area contributed by atoms with E-state index in [0.717, 1.165) is 23.6 Å². The van der Waals surface area contributed by atoms with E-state index < -0.39 is 36.7 Å². The van der Waals surface area contributed by atoms with Gasteiger partial charge in [0.25, 0.3) is 12.3 Å². The van der Waals surface area contributed by atoms with Crippen LogP contribution in [0.15, 0.2) is 12.3 Å². The van der Waals surface area contributed by atoms with Gasteiger partial charge in [0.05, 0.1) is 22.7 Å². The van der Waals surface area contributed by atoms with Crippen LogP contribution in [0.2, 0.25) is 0 Å². The number of rotatable bonds is 6. The summed E-state index contributed by atoms with van der Waals surface area (Å²) < 4.78 is 64.0. The third-order valence-corrected chi connectivity index (χ3v) is 5.62. The van der Waals surface area contributed by atoms with Crippen molar-refractivity contribution in [2.75, 3.05) is 11.9 Å². The Morgan fingerprint density at radius 2 is 2.10 bits per heavy atom. The van der Waals surface area contributed by atoms with Crippen LogP contribution < -0.4 is 10.6 Å². The van der Waals surface area contributed by atoms with E-state index in [-0.39, 0.29) is 27.3 Å². The van der Waals surface area contributed by atoms with Crippen LogP contribution in [0.25, 0.3) is 10.4 Å². The predicted octanol–water partition coefficient (Wildman–Crippen LogP) is 3.68. The molecule has 1 fully saturated rings. The number of carbonyl (C=O) groups is 1. The zero-order chi connectivity index (χ0) is 21.3. The molecule has 0 bridgehead atoms. The lowest BCUT2D eigenvalue weighted by atomic mass is 9.89. The van der Waals surface area contributed by atoms with E-state index in [4.69, 9.17) is 0 Å². The number of carbonyl (C=O) groups excluding carboxylic acids is 1. The van der Waals surface area contributed by atoms with E-state index in [1.807, 2.05) is 5.32 Å². The van der Waals surface area contributed by atoms with Gasteiger partial charge in [-0.2, -0.15) is 13.2 Å². The Kier molecular flexibility index (Phi) is 6.03. The number of aryl methyl sites for hydroxylation is 1. The summed E-state index contributed by atoms with van der Waals surface area (Å²) in [5.74, 6) is -0.858. The van der Waals surface area contributed by atoms with Crippen LogP contribution in [0.3, 0.4) is 0 Å². The van der Waals surface area contributed by atoms with Crippen molar-refractivity contribution in [1.82, 2.24) is 15.3 Å². The van der Waals surface area contributed by atoms with Crippen LogP contribution in [-0.2, 0) is 0 Å². The molecule has 0 radical (unpaired) electrons. The maximum atomic E-state index is 13.5. The standard InChI is InChI=1S/C17H17F5N4O2S/c1-7-13(29-16(25-7)15(28)26-10-2-3-11(10)27)9-5-23-12(4-8(9)14(18)19)24-6-17(20,21)22/h4-5,10-11,14,27H,2-3,6H2,1H3,(H,23,24)(H,26,28). The zero-order valence-electron chi connectivity index (χ0n) is 15.1. The lowest BCUT2D eigenvalue weighted by Crippen LogP contribution is -2.50. The number of aromatic nitrogens is 2. The molecule has 2 aromatic rings. The van der Waals surface area contributed by atoms with Crippen LogP contribution in [0.5, 0.6) is 0 Å². The van der Waals surface area contributed by atoms with E-state index in [2.05, 4.69) is 15.3 Å². The first kappa shape index (κ1) is 21.4. The molecule has 6 nitrogen and oxygen atoms in total. The first-order valence-corrected chi connectivity index (χ1v) is 9.42. The summed E-state index contributed by atoms with van der Waals surface area (Å²) in [6.07, 6.45) is -5.84. The smallest absolute Gasteiger partial charge is 0.391 e. The normalized spacial score (nSPS) is 19.2. The number of thiazole rings is 1. The molecular formula is C17H17F5N4O2S. The molecule has 2 atom stereocenters. The van der Waals surface area contributed by atoms with Crippen LogP contribution in [0.4, 0.5) is 27.8 Å². The highest BCUT2D eigenvalue weighted by Gasteiger charge is 2.32. The quantitative estimate of drug-likeness (QED) is 0.602. The van der Waals surface area contributed by atoms with E-state index in [1.165, 1.54) is 6.92 Å². The highest BCUT2D eigenvalue weighted by Crippen LogP contribution is 2.37. The average Bonchev–Trinajstić information content (AvgIpc) is 3.03. The second kappa shape index (κ2) is 8.19. The van der Waals surface area contributed by atoms with Gasteiger partial charge in [0.1, 0.15) is 12.4 Å². The number of amides is 1. The number of anilines is 1. The molecule has 3 rings (SSSR count). The van der Waals surface area contributed by atoms with Gasteiger partial charge in [-0.1, -0.05) is 0 Å². The minimum Gasteiger partial charge on any atom is -0.391 e. The Labute approximate surface area is 166 Å². The molecule has 0 spiro atoms. The van der Waals surface area contributed by atoms with E-state index in [9.17, 15) is 31.9 Å². The lowest BCUT2D eigenvalue weighted by molar-refractivity contribution is -0.115. The topological polar surface area (TPSA) is 87.1 Å². The minimum atomic E-state index is -4.52. The summed E-state index contributed by atoms with van der Waals surface area (Å²) in [5.41, 5.74) is -0.206. The number of alkyl halides is 5. The van der Waals surface area contributed by atoms with Crippen molar-refractivity contribution in [2.24, 2.45) is 0 Å².